The Balaban J connectivity index is 2.62. The number of nitrogens with zero attached hydrogens (tertiary/aromatic N) is 1. The van der Waals surface area contributed by atoms with Gasteiger partial charge < -0.3 is 15.2 Å². The summed E-state index contributed by atoms with van der Waals surface area (Å²) in [5, 5.41) is 0. The van der Waals surface area contributed by atoms with Crippen LogP contribution in [-0.4, -0.2) is 52.0 Å². The second-order valence-electron chi connectivity index (χ2n) is 4.57. The fourth-order valence-corrected chi connectivity index (χ4v) is 1.86. The van der Waals surface area contributed by atoms with Crippen LogP contribution in [0.3, 0.4) is 0 Å². The molecule has 1 atom stereocenters. The third-order valence-corrected chi connectivity index (χ3v) is 3.05. The van der Waals surface area contributed by atoms with Crippen molar-refractivity contribution in [3.05, 3.63) is 35.4 Å². The molecule has 0 saturated heterocycles. The minimum absolute atomic E-state index is 0.390. The lowest BCUT2D eigenvalue weighted by molar-refractivity contribution is 0.110. The molecule has 0 amide bonds. The van der Waals surface area contributed by atoms with Gasteiger partial charge in [0.05, 0.1) is 13.2 Å². The molecule has 0 aliphatic carbocycles. The average molecular weight is 288 g/mol. The van der Waals surface area contributed by atoms with Gasteiger partial charge in [0.25, 0.3) is 0 Å². The van der Waals surface area contributed by atoms with Crippen molar-refractivity contribution in [1.82, 2.24) is 4.90 Å². The second kappa shape index (κ2) is 8.97. The van der Waals surface area contributed by atoms with Crippen LogP contribution >= 0.6 is 0 Å². The second-order valence-corrected chi connectivity index (χ2v) is 4.57. The van der Waals surface area contributed by atoms with E-state index in [1.54, 1.807) is 14.2 Å². The topological polar surface area (TPSA) is 47.7 Å². The Morgan fingerprint density at radius 1 is 1.10 bits per heavy atom. The third kappa shape index (κ3) is 5.50. The van der Waals surface area contributed by atoms with Gasteiger partial charge in [0.15, 0.2) is 11.6 Å². The molecule has 1 rings (SSSR count). The van der Waals surface area contributed by atoms with E-state index in [0.717, 1.165) is 12.1 Å². The highest BCUT2D eigenvalue weighted by atomic mass is 19.2. The van der Waals surface area contributed by atoms with E-state index in [0.29, 0.717) is 38.4 Å². The Morgan fingerprint density at radius 3 is 2.20 bits per heavy atom. The molecule has 1 aromatic carbocycles. The number of rotatable bonds is 9. The number of ether oxygens (including phenoxy) is 2. The van der Waals surface area contributed by atoms with E-state index < -0.39 is 11.6 Å². The summed E-state index contributed by atoms with van der Waals surface area (Å²) < 4.78 is 36.2. The van der Waals surface area contributed by atoms with Crippen LogP contribution in [0.5, 0.6) is 0 Å². The van der Waals surface area contributed by atoms with E-state index in [1.807, 2.05) is 0 Å². The van der Waals surface area contributed by atoms with E-state index in [-0.39, 0.29) is 6.04 Å². The molecule has 0 heterocycles. The van der Waals surface area contributed by atoms with Crippen LogP contribution in [0.2, 0.25) is 0 Å². The first-order chi connectivity index (χ1) is 9.58. The van der Waals surface area contributed by atoms with Gasteiger partial charge in [-0.05, 0) is 17.7 Å². The molecule has 2 N–H and O–H groups in total. The Kier molecular flexibility index (Phi) is 7.61. The molecule has 4 nitrogen and oxygen atoms in total. The normalized spacial score (nSPS) is 12.9. The lowest BCUT2D eigenvalue weighted by Gasteiger charge is -2.25. The van der Waals surface area contributed by atoms with Crippen molar-refractivity contribution in [2.45, 2.75) is 6.04 Å². The number of hydrogen-bond acceptors (Lipinski definition) is 4. The molecule has 0 saturated carbocycles. The van der Waals surface area contributed by atoms with Crippen molar-refractivity contribution >= 4 is 0 Å². The van der Waals surface area contributed by atoms with E-state index in [4.69, 9.17) is 15.2 Å². The van der Waals surface area contributed by atoms with Crippen molar-refractivity contribution in [2.24, 2.45) is 5.73 Å². The van der Waals surface area contributed by atoms with Crippen LogP contribution in [0.1, 0.15) is 11.6 Å². The average Bonchev–Trinajstić information content (AvgIpc) is 2.44. The molecular weight excluding hydrogens is 266 g/mol. The quantitative estimate of drug-likeness (QED) is 0.749. The van der Waals surface area contributed by atoms with Gasteiger partial charge in [0.2, 0.25) is 0 Å². The fraction of sp³-hybridized carbons (Fsp3) is 0.571. The van der Waals surface area contributed by atoms with Gasteiger partial charge in [-0.25, -0.2) is 8.78 Å². The highest BCUT2D eigenvalue weighted by molar-refractivity contribution is 5.21. The summed E-state index contributed by atoms with van der Waals surface area (Å²) in [6.07, 6.45) is 0. The minimum Gasteiger partial charge on any atom is -0.383 e. The number of methoxy groups -OCH3 is 2. The largest absolute Gasteiger partial charge is 0.383 e. The molecule has 6 heteroatoms. The molecule has 0 aromatic heterocycles. The molecule has 0 fully saturated rings. The highest BCUT2D eigenvalue weighted by Crippen LogP contribution is 2.15. The molecule has 0 aliphatic rings. The van der Waals surface area contributed by atoms with Crippen molar-refractivity contribution in [3.63, 3.8) is 0 Å². The van der Waals surface area contributed by atoms with Gasteiger partial charge in [-0.15, -0.1) is 0 Å². The van der Waals surface area contributed by atoms with Crippen molar-refractivity contribution < 1.29 is 18.3 Å². The predicted octanol–water partition coefficient (Wildman–Crippen LogP) is 1.56. The summed E-state index contributed by atoms with van der Waals surface area (Å²) in [6.45, 7) is 3.09. The fourth-order valence-electron chi connectivity index (χ4n) is 1.86. The van der Waals surface area contributed by atoms with Crippen LogP contribution in [0.15, 0.2) is 18.2 Å². The van der Waals surface area contributed by atoms with Gasteiger partial charge in [0, 0.05) is 39.9 Å². The van der Waals surface area contributed by atoms with Crippen LogP contribution in [0.25, 0.3) is 0 Å². The maximum atomic E-state index is 13.2. The van der Waals surface area contributed by atoms with E-state index in [2.05, 4.69) is 4.90 Å². The van der Waals surface area contributed by atoms with Gasteiger partial charge in [0.1, 0.15) is 0 Å². The van der Waals surface area contributed by atoms with E-state index >= 15 is 0 Å². The monoisotopic (exact) mass is 288 g/mol. The Bertz CT molecular complexity index is 397. The summed E-state index contributed by atoms with van der Waals surface area (Å²) in [7, 11) is 3.26. The zero-order valence-electron chi connectivity index (χ0n) is 11.9. The zero-order valence-corrected chi connectivity index (χ0v) is 11.9. The summed E-state index contributed by atoms with van der Waals surface area (Å²) >= 11 is 0. The molecule has 1 aromatic rings. The van der Waals surface area contributed by atoms with Crippen molar-refractivity contribution in [1.29, 1.82) is 0 Å². The lowest BCUT2D eigenvalue weighted by atomic mass is 10.1. The maximum Gasteiger partial charge on any atom is 0.159 e. The van der Waals surface area contributed by atoms with Gasteiger partial charge in [-0.3, -0.25) is 4.90 Å². The Hall–Kier alpha value is -1.08. The van der Waals surface area contributed by atoms with Crippen molar-refractivity contribution in [2.75, 3.05) is 47.1 Å². The first-order valence-electron chi connectivity index (χ1n) is 6.49. The molecule has 0 spiro atoms. The summed E-state index contributed by atoms with van der Waals surface area (Å²) in [5.74, 6) is -1.74. The molecule has 0 aliphatic heterocycles. The SMILES string of the molecule is COCCN(CCOC)CC(N)c1ccc(F)c(F)c1. The number of halogens is 2. The van der Waals surface area contributed by atoms with Crippen LogP contribution in [0, 0.1) is 11.6 Å². The molecule has 0 bridgehead atoms. The van der Waals surface area contributed by atoms with E-state index in [1.165, 1.54) is 6.07 Å². The van der Waals surface area contributed by atoms with Crippen LogP contribution in [0.4, 0.5) is 8.78 Å². The van der Waals surface area contributed by atoms with Gasteiger partial charge in [-0.2, -0.15) is 0 Å². The predicted molar refractivity (Wildman–Crippen MR) is 73.5 cm³/mol. The maximum absolute atomic E-state index is 13.2. The summed E-state index contributed by atoms with van der Waals surface area (Å²) in [5.41, 5.74) is 6.62. The molecule has 20 heavy (non-hydrogen) atoms. The standard InChI is InChI=1S/C14H22F2N2O2/c1-19-7-5-18(6-8-20-2)10-14(17)11-3-4-12(15)13(16)9-11/h3-4,9,14H,5-8,10,17H2,1-2H3. The Labute approximate surface area is 118 Å². The van der Waals surface area contributed by atoms with Gasteiger partial charge in [-0.1, -0.05) is 6.07 Å². The van der Waals surface area contributed by atoms with Crippen molar-refractivity contribution in [3.8, 4) is 0 Å². The highest BCUT2D eigenvalue weighted by Gasteiger charge is 2.14. The van der Waals surface area contributed by atoms with Crippen LogP contribution in [-0.2, 0) is 9.47 Å². The van der Waals surface area contributed by atoms with Crippen LogP contribution < -0.4 is 5.73 Å². The molecular formula is C14H22F2N2O2. The lowest BCUT2D eigenvalue weighted by Crippen LogP contribution is -2.36. The summed E-state index contributed by atoms with van der Waals surface area (Å²) in [6, 6.07) is 3.36. The smallest absolute Gasteiger partial charge is 0.159 e. The number of benzene rings is 1. The van der Waals surface area contributed by atoms with E-state index in [9.17, 15) is 8.78 Å². The Morgan fingerprint density at radius 2 is 1.70 bits per heavy atom. The molecule has 114 valence electrons. The number of hydrogen-bond donors (Lipinski definition) is 1. The first-order valence-corrected chi connectivity index (χ1v) is 6.49. The minimum atomic E-state index is -0.877. The third-order valence-electron chi connectivity index (χ3n) is 3.05. The summed E-state index contributed by atoms with van der Waals surface area (Å²) in [4.78, 5) is 2.07. The molecule has 1 unspecified atom stereocenters. The molecule has 0 radical (unpaired) electrons. The first kappa shape index (κ1) is 17.0. The number of nitrogens with two attached hydrogens (primary N) is 1. The zero-order chi connectivity index (χ0) is 15.0. The van der Waals surface area contributed by atoms with Gasteiger partial charge >= 0.3 is 0 Å².